The topological polar surface area (TPSA) is 86.7 Å². The Labute approximate surface area is 123 Å². The molecule has 17 heavy (non-hydrogen) atoms. The van der Waals surface area contributed by atoms with Crippen LogP contribution in [0.4, 0.5) is 0 Å². The quantitative estimate of drug-likeness (QED) is 0.482. The Hall–Kier alpha value is -0.110. The summed E-state index contributed by atoms with van der Waals surface area (Å²) in [7, 11) is -3.23. The molecule has 5 nitrogen and oxygen atoms in total. The molecule has 1 rings (SSSR count). The summed E-state index contributed by atoms with van der Waals surface area (Å²) in [5.74, 6) is 0.619. The molecule has 0 fully saturated rings. The van der Waals surface area contributed by atoms with E-state index in [1.54, 1.807) is 24.3 Å². The largest absolute Gasteiger partial charge is 1.00 e. The van der Waals surface area contributed by atoms with Gasteiger partial charge in [-0.25, -0.2) is 8.42 Å². The van der Waals surface area contributed by atoms with Crippen molar-refractivity contribution in [2.75, 3.05) is 7.11 Å². The van der Waals surface area contributed by atoms with Gasteiger partial charge in [-0.3, -0.25) is 0 Å². The average Bonchev–Trinajstić information content (AvgIpc) is 2.16. The molecule has 0 spiro atoms. The zero-order valence-electron chi connectivity index (χ0n) is 10.0. The molecule has 7 heteroatoms. The molecule has 1 atom stereocenters. The molecule has 0 amide bonds. The van der Waals surface area contributed by atoms with Gasteiger partial charge in [0.2, 0.25) is 0 Å². The summed E-state index contributed by atoms with van der Waals surface area (Å²) in [6, 6.07) is 6.45. The molecular weight excluding hydrogens is 255 g/mol. The summed E-state index contributed by atoms with van der Waals surface area (Å²) in [6.07, 6.45) is -0.247. The first kappa shape index (κ1) is 16.9. The number of hydrogen-bond donors (Lipinski definition) is 1. The van der Waals surface area contributed by atoms with Crippen molar-refractivity contribution in [1.82, 2.24) is 0 Å². The van der Waals surface area contributed by atoms with Gasteiger partial charge in [0.15, 0.2) is 4.93 Å². The smallest absolute Gasteiger partial charge is 0.746 e. The van der Waals surface area contributed by atoms with Crippen molar-refractivity contribution in [2.45, 2.75) is 18.3 Å². The van der Waals surface area contributed by atoms with Crippen LogP contribution < -0.4 is 34.3 Å². The minimum absolute atomic E-state index is 0. The summed E-state index contributed by atoms with van der Waals surface area (Å²) in [6.45, 7) is 0.986. The molecule has 90 valence electrons. The van der Waals surface area contributed by atoms with E-state index in [4.69, 9.17) is 4.74 Å². The Balaban J connectivity index is 0.00000256. The SMILES string of the molecule is COc1ccc(CC(C)(O)S(=O)(=O)[O-])cc1.[Na+]. The standard InChI is InChI=1S/C10H14O5S.Na/c1-10(11,16(12,13)14)7-8-3-5-9(15-2)6-4-8;/h3-6,11H,7H2,1-2H3,(H,12,13,14);/q;+1/p-1. The number of hydrogen-bond acceptors (Lipinski definition) is 5. The van der Waals surface area contributed by atoms with E-state index in [0.29, 0.717) is 11.3 Å². The van der Waals surface area contributed by atoms with Crippen molar-refractivity contribution >= 4 is 10.1 Å². The van der Waals surface area contributed by atoms with Gasteiger partial charge in [-0.1, -0.05) is 12.1 Å². The van der Waals surface area contributed by atoms with Crippen LogP contribution >= 0.6 is 0 Å². The van der Waals surface area contributed by atoms with Crippen LogP contribution in [0.15, 0.2) is 24.3 Å². The predicted molar refractivity (Wildman–Crippen MR) is 57.0 cm³/mol. The van der Waals surface area contributed by atoms with Crippen molar-refractivity contribution in [3.63, 3.8) is 0 Å². The van der Waals surface area contributed by atoms with Gasteiger partial charge in [-0.2, -0.15) is 0 Å². The third-order valence-electron chi connectivity index (χ3n) is 2.23. The molecule has 1 aromatic carbocycles. The van der Waals surface area contributed by atoms with E-state index in [9.17, 15) is 18.1 Å². The van der Waals surface area contributed by atoms with E-state index < -0.39 is 15.1 Å². The monoisotopic (exact) mass is 268 g/mol. The Morgan fingerprint density at radius 3 is 2.18 bits per heavy atom. The number of rotatable bonds is 4. The van der Waals surface area contributed by atoms with Crippen molar-refractivity contribution < 1.29 is 52.4 Å². The summed E-state index contributed by atoms with van der Waals surface area (Å²) < 4.78 is 37.2. The van der Waals surface area contributed by atoms with E-state index in [2.05, 4.69) is 0 Å². The van der Waals surface area contributed by atoms with Gasteiger partial charge in [-0.05, 0) is 24.6 Å². The van der Waals surface area contributed by atoms with Crippen LogP contribution in [0.3, 0.4) is 0 Å². The zero-order valence-corrected chi connectivity index (χ0v) is 12.8. The van der Waals surface area contributed by atoms with Gasteiger partial charge in [0, 0.05) is 6.42 Å². The van der Waals surface area contributed by atoms with Gasteiger partial charge in [-0.15, -0.1) is 0 Å². The molecule has 0 aromatic heterocycles. The molecule has 0 saturated carbocycles. The van der Waals surface area contributed by atoms with Crippen molar-refractivity contribution in [3.05, 3.63) is 29.8 Å². The molecule has 1 unspecified atom stereocenters. The number of benzene rings is 1. The predicted octanol–water partition coefficient (Wildman–Crippen LogP) is -2.50. The van der Waals surface area contributed by atoms with Gasteiger partial charge in [0.25, 0.3) is 0 Å². The van der Waals surface area contributed by atoms with Crippen molar-refractivity contribution in [1.29, 1.82) is 0 Å². The Morgan fingerprint density at radius 2 is 1.82 bits per heavy atom. The van der Waals surface area contributed by atoms with Gasteiger partial charge < -0.3 is 14.4 Å². The second kappa shape index (κ2) is 6.17. The van der Waals surface area contributed by atoms with Gasteiger partial charge in [0.05, 0.1) is 7.11 Å². The molecular formula is C10H13NaO5S. The summed E-state index contributed by atoms with van der Waals surface area (Å²) in [5.41, 5.74) is 0.547. The fourth-order valence-electron chi connectivity index (χ4n) is 1.21. The molecule has 1 aromatic rings. The summed E-state index contributed by atoms with van der Waals surface area (Å²) in [5, 5.41) is 9.50. The van der Waals surface area contributed by atoms with Gasteiger partial charge >= 0.3 is 29.6 Å². The molecule has 0 aliphatic rings. The zero-order chi connectivity index (χ0) is 12.4. The number of ether oxygens (including phenoxy) is 1. The van der Waals surface area contributed by atoms with Crippen LogP contribution in [0.1, 0.15) is 12.5 Å². The number of methoxy groups -OCH3 is 1. The van der Waals surface area contributed by atoms with Crippen LogP contribution in [-0.2, 0) is 16.5 Å². The van der Waals surface area contributed by atoms with Crippen molar-refractivity contribution in [3.8, 4) is 5.75 Å². The van der Waals surface area contributed by atoms with E-state index in [1.165, 1.54) is 7.11 Å². The average molecular weight is 268 g/mol. The fraction of sp³-hybridized carbons (Fsp3) is 0.400. The van der Waals surface area contributed by atoms with E-state index >= 15 is 0 Å². The fourth-order valence-corrected chi connectivity index (χ4v) is 1.55. The minimum Gasteiger partial charge on any atom is -0.746 e. The minimum atomic E-state index is -4.74. The second-order valence-corrected chi connectivity index (χ2v) is 5.44. The number of aliphatic hydroxyl groups is 1. The maximum Gasteiger partial charge on any atom is 1.00 e. The first-order valence-corrected chi connectivity index (χ1v) is 5.98. The van der Waals surface area contributed by atoms with E-state index in [-0.39, 0.29) is 36.0 Å². The van der Waals surface area contributed by atoms with Crippen LogP contribution in [-0.4, -0.2) is 30.1 Å². The summed E-state index contributed by atoms with van der Waals surface area (Å²) in [4.78, 5) is -2.29. The molecule has 0 aliphatic carbocycles. The Morgan fingerprint density at radius 1 is 1.35 bits per heavy atom. The third kappa shape index (κ3) is 4.57. The molecule has 0 heterocycles. The van der Waals surface area contributed by atoms with Crippen LogP contribution in [0, 0.1) is 0 Å². The third-order valence-corrected chi connectivity index (χ3v) is 3.45. The second-order valence-electron chi connectivity index (χ2n) is 3.65. The molecule has 1 N–H and O–H groups in total. The first-order valence-electron chi connectivity index (χ1n) is 4.57. The van der Waals surface area contributed by atoms with Crippen molar-refractivity contribution in [2.24, 2.45) is 0 Å². The molecule has 0 saturated heterocycles. The first-order chi connectivity index (χ1) is 7.26. The van der Waals surface area contributed by atoms with Crippen LogP contribution in [0.25, 0.3) is 0 Å². The Kier molecular flexibility index (Phi) is 6.13. The maximum atomic E-state index is 10.8. The van der Waals surface area contributed by atoms with E-state index in [0.717, 1.165) is 6.92 Å². The molecule has 0 bridgehead atoms. The molecule has 0 aliphatic heterocycles. The Bertz CT molecular complexity index is 452. The van der Waals surface area contributed by atoms with Gasteiger partial charge in [0.1, 0.15) is 15.9 Å². The maximum absolute atomic E-state index is 10.8. The molecule has 0 radical (unpaired) electrons. The normalized spacial score (nSPS) is 14.6. The van der Waals surface area contributed by atoms with Crippen LogP contribution in [0.2, 0.25) is 0 Å². The summed E-state index contributed by atoms with van der Waals surface area (Å²) >= 11 is 0. The van der Waals surface area contributed by atoms with E-state index in [1.807, 2.05) is 0 Å². The van der Waals surface area contributed by atoms with Crippen LogP contribution in [0.5, 0.6) is 5.75 Å².